The highest BCUT2D eigenvalue weighted by atomic mass is 79.9. The number of hydrogen-bond donors (Lipinski definition) is 0. The van der Waals surface area contributed by atoms with Crippen LogP contribution in [-0.2, 0) is 16.4 Å². The molecule has 0 aliphatic carbocycles. The van der Waals surface area contributed by atoms with Crippen LogP contribution in [0.15, 0.2) is 45.8 Å². The van der Waals surface area contributed by atoms with E-state index in [1.165, 1.54) is 4.31 Å². The number of nitrogens with zero attached hydrogens (tertiary/aromatic N) is 1. The molecule has 5 nitrogen and oxygen atoms in total. The Bertz CT molecular complexity index is 867. The average molecular weight is 412 g/mol. The molecule has 2 aromatic carbocycles. The summed E-state index contributed by atoms with van der Waals surface area (Å²) in [7, 11) is -2.11. The largest absolute Gasteiger partial charge is 0.497 e. The van der Waals surface area contributed by atoms with E-state index in [-0.39, 0.29) is 4.90 Å². The molecule has 0 radical (unpaired) electrons. The van der Waals surface area contributed by atoms with Crippen LogP contribution >= 0.6 is 15.9 Å². The molecule has 2 aromatic rings. The molecule has 0 fully saturated rings. The molecule has 24 heavy (non-hydrogen) atoms. The number of rotatable bonds is 5. The van der Waals surface area contributed by atoms with Gasteiger partial charge in [-0.1, -0.05) is 15.9 Å². The van der Waals surface area contributed by atoms with Crippen molar-refractivity contribution in [3.8, 4) is 11.5 Å². The Morgan fingerprint density at radius 3 is 2.71 bits per heavy atom. The lowest BCUT2D eigenvalue weighted by atomic mass is 10.1. The second-order valence-electron chi connectivity index (χ2n) is 5.35. The minimum atomic E-state index is -3.71. The van der Waals surface area contributed by atoms with Gasteiger partial charge in [0.1, 0.15) is 16.4 Å². The van der Waals surface area contributed by atoms with E-state index in [0.29, 0.717) is 35.5 Å². The fourth-order valence-corrected chi connectivity index (χ4v) is 4.98. The van der Waals surface area contributed by atoms with Crippen LogP contribution in [-0.4, -0.2) is 28.7 Å². The molecular weight excluding hydrogens is 394 g/mol. The number of ether oxygens (including phenoxy) is 2. The highest BCUT2D eigenvalue weighted by Crippen LogP contribution is 2.38. The van der Waals surface area contributed by atoms with Crippen molar-refractivity contribution < 1.29 is 17.9 Å². The minimum absolute atomic E-state index is 0.169. The van der Waals surface area contributed by atoms with Crippen molar-refractivity contribution in [2.24, 2.45) is 0 Å². The van der Waals surface area contributed by atoms with E-state index in [1.54, 1.807) is 37.4 Å². The second-order valence-corrected chi connectivity index (χ2v) is 8.09. The summed E-state index contributed by atoms with van der Waals surface area (Å²) in [4.78, 5) is 0.169. The van der Waals surface area contributed by atoms with Crippen molar-refractivity contribution >= 4 is 31.6 Å². The molecule has 0 bridgehead atoms. The van der Waals surface area contributed by atoms with Gasteiger partial charge in [0.05, 0.1) is 19.4 Å². The van der Waals surface area contributed by atoms with Gasteiger partial charge in [-0.3, -0.25) is 4.31 Å². The molecule has 0 unspecified atom stereocenters. The summed E-state index contributed by atoms with van der Waals surface area (Å²) in [6.45, 7) is 2.64. The molecule has 128 valence electrons. The Hall–Kier alpha value is -1.73. The predicted octanol–water partition coefficient (Wildman–Crippen LogP) is 3.61. The molecule has 0 spiro atoms. The topological polar surface area (TPSA) is 55.8 Å². The normalized spacial score (nSPS) is 13.7. The summed E-state index contributed by atoms with van der Waals surface area (Å²) in [6.07, 6.45) is 0.656. The molecule has 7 heteroatoms. The van der Waals surface area contributed by atoms with Gasteiger partial charge in [-0.2, -0.15) is 0 Å². The van der Waals surface area contributed by atoms with E-state index in [4.69, 9.17) is 9.47 Å². The molecule has 0 amide bonds. The van der Waals surface area contributed by atoms with Crippen molar-refractivity contribution in [3.63, 3.8) is 0 Å². The zero-order chi connectivity index (χ0) is 17.3. The van der Waals surface area contributed by atoms with Crippen LogP contribution in [0.3, 0.4) is 0 Å². The highest BCUT2D eigenvalue weighted by molar-refractivity contribution is 9.10. The molecular formula is C17H18BrNO4S. The molecule has 0 atom stereocenters. The van der Waals surface area contributed by atoms with Gasteiger partial charge in [0.15, 0.2) is 0 Å². The lowest BCUT2D eigenvalue weighted by molar-refractivity contribution is 0.331. The van der Waals surface area contributed by atoms with E-state index >= 15 is 0 Å². The Morgan fingerprint density at radius 2 is 2.00 bits per heavy atom. The van der Waals surface area contributed by atoms with Gasteiger partial charge < -0.3 is 9.47 Å². The third kappa shape index (κ3) is 2.98. The smallest absolute Gasteiger partial charge is 0.268 e. The van der Waals surface area contributed by atoms with Crippen LogP contribution in [0.5, 0.6) is 11.5 Å². The van der Waals surface area contributed by atoms with Crippen LogP contribution in [0.25, 0.3) is 0 Å². The molecule has 0 N–H and O–H groups in total. The first-order chi connectivity index (χ1) is 11.5. The third-order valence-electron chi connectivity index (χ3n) is 3.91. The Balaban J connectivity index is 2.07. The van der Waals surface area contributed by atoms with E-state index < -0.39 is 10.0 Å². The molecule has 1 aliphatic rings. The summed E-state index contributed by atoms with van der Waals surface area (Å²) in [6, 6.07) is 10.5. The number of hydrogen-bond acceptors (Lipinski definition) is 4. The first-order valence-corrected chi connectivity index (χ1v) is 9.82. The van der Waals surface area contributed by atoms with Gasteiger partial charge in [0.2, 0.25) is 0 Å². The molecule has 1 aliphatic heterocycles. The highest BCUT2D eigenvalue weighted by Gasteiger charge is 2.33. The van der Waals surface area contributed by atoms with E-state index in [0.717, 1.165) is 11.3 Å². The number of fused-ring (bicyclic) bond motifs is 1. The predicted molar refractivity (Wildman–Crippen MR) is 96.5 cm³/mol. The summed E-state index contributed by atoms with van der Waals surface area (Å²) < 4.78 is 39.2. The number of sulfonamides is 1. The van der Waals surface area contributed by atoms with Gasteiger partial charge in [-0.05, 0) is 55.3 Å². The van der Waals surface area contributed by atoms with Crippen LogP contribution in [0, 0.1) is 0 Å². The molecule has 0 aromatic heterocycles. The number of halogens is 1. The Labute approximate surface area is 150 Å². The minimum Gasteiger partial charge on any atom is -0.497 e. The van der Waals surface area contributed by atoms with Crippen molar-refractivity contribution in [3.05, 3.63) is 46.4 Å². The zero-order valence-corrected chi connectivity index (χ0v) is 15.9. The first-order valence-electron chi connectivity index (χ1n) is 7.59. The third-order valence-corrected chi connectivity index (χ3v) is 6.24. The first kappa shape index (κ1) is 17.1. The van der Waals surface area contributed by atoms with Gasteiger partial charge >= 0.3 is 0 Å². The van der Waals surface area contributed by atoms with Crippen molar-refractivity contribution in [1.82, 2.24) is 0 Å². The number of methoxy groups -OCH3 is 1. The van der Waals surface area contributed by atoms with E-state index in [9.17, 15) is 8.42 Å². The summed E-state index contributed by atoms with van der Waals surface area (Å²) >= 11 is 3.34. The van der Waals surface area contributed by atoms with E-state index in [2.05, 4.69) is 15.9 Å². The summed E-state index contributed by atoms with van der Waals surface area (Å²) in [5.74, 6) is 1.09. The van der Waals surface area contributed by atoms with Crippen molar-refractivity contribution in [1.29, 1.82) is 0 Å². The fraction of sp³-hybridized carbons (Fsp3) is 0.294. The van der Waals surface area contributed by atoms with Crippen molar-refractivity contribution in [2.45, 2.75) is 18.2 Å². The quantitative estimate of drug-likeness (QED) is 0.753. The average Bonchev–Trinajstić information content (AvgIpc) is 3.00. The lowest BCUT2D eigenvalue weighted by Gasteiger charge is -2.21. The maximum Gasteiger partial charge on any atom is 0.268 e. The van der Waals surface area contributed by atoms with Gasteiger partial charge in [-0.25, -0.2) is 8.42 Å². The maximum atomic E-state index is 13.2. The Kier molecular flexibility index (Phi) is 4.73. The van der Waals surface area contributed by atoms with Crippen LogP contribution in [0.1, 0.15) is 12.5 Å². The number of benzene rings is 2. The fourth-order valence-electron chi connectivity index (χ4n) is 2.80. The standard InChI is InChI=1S/C17H18BrNO4S/c1-3-23-16-7-4-13(18)11-17(16)24(20,21)19-9-8-12-10-14(22-2)5-6-15(12)19/h4-7,10-11H,3,8-9H2,1-2H3. The molecule has 0 saturated carbocycles. The number of anilines is 1. The van der Waals surface area contributed by atoms with Crippen LogP contribution in [0.4, 0.5) is 5.69 Å². The zero-order valence-electron chi connectivity index (χ0n) is 13.5. The Morgan fingerprint density at radius 1 is 1.21 bits per heavy atom. The van der Waals surface area contributed by atoms with Gasteiger partial charge in [-0.15, -0.1) is 0 Å². The lowest BCUT2D eigenvalue weighted by Crippen LogP contribution is -2.29. The van der Waals surface area contributed by atoms with Crippen LogP contribution in [0.2, 0.25) is 0 Å². The van der Waals surface area contributed by atoms with E-state index in [1.807, 2.05) is 13.0 Å². The molecule has 3 rings (SSSR count). The van der Waals surface area contributed by atoms with Gasteiger partial charge in [0, 0.05) is 11.0 Å². The SMILES string of the molecule is CCOc1ccc(Br)cc1S(=O)(=O)N1CCc2cc(OC)ccc21. The monoisotopic (exact) mass is 411 g/mol. The second kappa shape index (κ2) is 6.64. The van der Waals surface area contributed by atoms with Crippen LogP contribution < -0.4 is 13.8 Å². The maximum absolute atomic E-state index is 13.2. The molecule has 1 heterocycles. The molecule has 0 saturated heterocycles. The summed E-state index contributed by atoms with van der Waals surface area (Å²) in [5, 5.41) is 0. The summed E-state index contributed by atoms with van der Waals surface area (Å²) in [5.41, 5.74) is 1.66. The van der Waals surface area contributed by atoms with Gasteiger partial charge in [0.25, 0.3) is 10.0 Å². The van der Waals surface area contributed by atoms with Crippen molar-refractivity contribution in [2.75, 3.05) is 24.6 Å².